The maximum atomic E-state index is 13.2. The van der Waals surface area contributed by atoms with E-state index in [1.807, 2.05) is 0 Å². The third-order valence-corrected chi connectivity index (χ3v) is 6.90. The Balaban J connectivity index is 1.38. The van der Waals surface area contributed by atoms with Gasteiger partial charge in [0, 0.05) is 39.3 Å². The summed E-state index contributed by atoms with van der Waals surface area (Å²) in [4.78, 5) is 20.6. The van der Waals surface area contributed by atoms with Gasteiger partial charge in [-0.1, -0.05) is 30.3 Å². The molecular formula is C24H37N3O. The fourth-order valence-electron chi connectivity index (χ4n) is 5.43. The quantitative estimate of drug-likeness (QED) is 0.754. The summed E-state index contributed by atoms with van der Waals surface area (Å²) in [5.74, 6) is 1.28. The first-order valence-corrected chi connectivity index (χ1v) is 11.6. The van der Waals surface area contributed by atoms with Gasteiger partial charge in [-0.25, -0.2) is 0 Å². The summed E-state index contributed by atoms with van der Waals surface area (Å²) >= 11 is 0. The van der Waals surface area contributed by atoms with Crippen molar-refractivity contribution in [2.75, 3.05) is 52.4 Å². The maximum absolute atomic E-state index is 13.2. The highest BCUT2D eigenvalue weighted by atomic mass is 16.2. The lowest BCUT2D eigenvalue weighted by molar-refractivity contribution is -0.139. The number of carbonyl (C=O) groups excluding carboxylic acids is 1. The number of carbonyl (C=O) groups is 1. The first kappa shape index (κ1) is 19.9. The number of piperidine rings is 2. The van der Waals surface area contributed by atoms with Crippen LogP contribution in [0, 0.1) is 11.8 Å². The molecule has 28 heavy (non-hydrogen) atoms. The predicted molar refractivity (Wildman–Crippen MR) is 114 cm³/mol. The summed E-state index contributed by atoms with van der Waals surface area (Å²) in [7, 11) is 0. The highest BCUT2D eigenvalue weighted by molar-refractivity contribution is 5.79. The molecule has 0 bridgehead atoms. The zero-order valence-corrected chi connectivity index (χ0v) is 17.4. The predicted octanol–water partition coefficient (Wildman–Crippen LogP) is 3.28. The Kier molecular flexibility index (Phi) is 7.03. The molecule has 3 saturated heterocycles. The van der Waals surface area contributed by atoms with Crippen LogP contribution in [0.15, 0.2) is 30.3 Å². The van der Waals surface area contributed by atoms with Crippen molar-refractivity contribution in [3.63, 3.8) is 0 Å². The van der Waals surface area contributed by atoms with E-state index < -0.39 is 0 Å². The van der Waals surface area contributed by atoms with Crippen LogP contribution in [0.3, 0.4) is 0 Å². The number of hydrogen-bond acceptors (Lipinski definition) is 3. The molecule has 0 aliphatic carbocycles. The van der Waals surface area contributed by atoms with E-state index in [9.17, 15) is 4.79 Å². The lowest BCUT2D eigenvalue weighted by Crippen LogP contribution is -2.50. The molecule has 0 spiro atoms. The first-order chi connectivity index (χ1) is 13.8. The monoisotopic (exact) mass is 383 g/mol. The van der Waals surface area contributed by atoms with Gasteiger partial charge >= 0.3 is 0 Å². The summed E-state index contributed by atoms with van der Waals surface area (Å²) in [5, 5.41) is 0. The number of amides is 1. The zero-order chi connectivity index (χ0) is 19.2. The lowest BCUT2D eigenvalue weighted by atomic mass is 9.87. The van der Waals surface area contributed by atoms with Crippen LogP contribution >= 0.6 is 0 Å². The van der Waals surface area contributed by atoms with E-state index in [-0.39, 0.29) is 5.92 Å². The van der Waals surface area contributed by atoms with Gasteiger partial charge in [0.1, 0.15) is 0 Å². The van der Waals surface area contributed by atoms with E-state index in [1.165, 1.54) is 57.3 Å². The summed E-state index contributed by atoms with van der Waals surface area (Å²) in [6, 6.07) is 10.8. The lowest BCUT2D eigenvalue weighted by Gasteiger charge is -2.41. The first-order valence-electron chi connectivity index (χ1n) is 11.6. The molecule has 3 aliphatic rings. The molecule has 4 heteroatoms. The Bertz CT molecular complexity index is 608. The maximum Gasteiger partial charge on any atom is 0.226 e. The summed E-state index contributed by atoms with van der Waals surface area (Å²) in [6.07, 6.45) is 8.53. The number of benzene rings is 1. The van der Waals surface area contributed by atoms with Gasteiger partial charge < -0.3 is 14.7 Å². The van der Waals surface area contributed by atoms with Crippen molar-refractivity contribution in [3.05, 3.63) is 35.9 Å². The fourth-order valence-corrected chi connectivity index (χ4v) is 5.43. The van der Waals surface area contributed by atoms with Crippen molar-refractivity contribution >= 4 is 5.91 Å². The van der Waals surface area contributed by atoms with Gasteiger partial charge in [0.15, 0.2) is 0 Å². The molecule has 154 valence electrons. The van der Waals surface area contributed by atoms with Crippen LogP contribution in [0.4, 0.5) is 0 Å². The molecule has 0 unspecified atom stereocenters. The minimum atomic E-state index is 0.204. The molecule has 3 fully saturated rings. The molecule has 3 aliphatic heterocycles. The highest BCUT2D eigenvalue weighted by Crippen LogP contribution is 2.27. The highest BCUT2D eigenvalue weighted by Gasteiger charge is 2.35. The third-order valence-electron chi connectivity index (χ3n) is 6.90. The van der Waals surface area contributed by atoms with Crippen LogP contribution in [0.25, 0.3) is 0 Å². The second-order valence-electron chi connectivity index (χ2n) is 9.19. The number of likely N-dealkylation sites (tertiary alicyclic amines) is 3. The van der Waals surface area contributed by atoms with E-state index >= 15 is 0 Å². The molecule has 1 amide bonds. The van der Waals surface area contributed by atoms with E-state index in [4.69, 9.17) is 0 Å². The molecule has 0 aromatic heterocycles. The molecule has 4 nitrogen and oxygen atoms in total. The topological polar surface area (TPSA) is 26.8 Å². The van der Waals surface area contributed by atoms with Crippen molar-refractivity contribution in [2.24, 2.45) is 11.8 Å². The number of nitrogens with zero attached hydrogens (tertiary/aromatic N) is 3. The number of rotatable bonds is 6. The van der Waals surface area contributed by atoms with Crippen molar-refractivity contribution < 1.29 is 4.79 Å². The van der Waals surface area contributed by atoms with E-state index in [0.717, 1.165) is 45.6 Å². The molecule has 0 radical (unpaired) electrons. The average molecular weight is 384 g/mol. The molecule has 2 atom stereocenters. The van der Waals surface area contributed by atoms with E-state index in [2.05, 4.69) is 45.0 Å². The molecule has 3 heterocycles. The fraction of sp³-hybridized carbons (Fsp3) is 0.708. The Morgan fingerprint density at radius 2 is 1.57 bits per heavy atom. The largest absolute Gasteiger partial charge is 0.342 e. The minimum absolute atomic E-state index is 0.204. The van der Waals surface area contributed by atoms with Crippen LogP contribution in [-0.2, 0) is 11.2 Å². The van der Waals surface area contributed by atoms with Crippen molar-refractivity contribution in [3.8, 4) is 0 Å². The molecule has 0 N–H and O–H groups in total. The van der Waals surface area contributed by atoms with E-state index in [0.29, 0.717) is 11.8 Å². The van der Waals surface area contributed by atoms with Crippen LogP contribution < -0.4 is 0 Å². The van der Waals surface area contributed by atoms with Gasteiger partial charge in [-0.15, -0.1) is 0 Å². The number of hydrogen-bond donors (Lipinski definition) is 0. The SMILES string of the molecule is O=C([C@@H]1C[C@H](CN2CCCC2)CN(CCc2ccccc2)C1)N1CCCCC1. The third kappa shape index (κ3) is 5.36. The second-order valence-corrected chi connectivity index (χ2v) is 9.19. The molecule has 4 rings (SSSR count). The van der Waals surface area contributed by atoms with Crippen molar-refractivity contribution in [2.45, 2.75) is 44.9 Å². The van der Waals surface area contributed by atoms with Gasteiger partial charge in [-0.05, 0) is 69.5 Å². The molecule has 0 saturated carbocycles. The zero-order valence-electron chi connectivity index (χ0n) is 17.4. The minimum Gasteiger partial charge on any atom is -0.342 e. The average Bonchev–Trinajstić information content (AvgIpc) is 3.26. The van der Waals surface area contributed by atoms with Crippen molar-refractivity contribution in [1.29, 1.82) is 0 Å². The van der Waals surface area contributed by atoms with Gasteiger partial charge in [-0.3, -0.25) is 4.79 Å². The molecule has 1 aromatic carbocycles. The standard InChI is InChI=1S/C24H37N3O/c28-24(27-14-5-2-6-15-27)23-17-22(18-25-12-7-8-13-25)19-26(20-23)16-11-21-9-3-1-4-10-21/h1,3-4,9-10,22-23H,2,5-8,11-20H2/t22-,23-/m1/s1. The Morgan fingerprint density at radius 1 is 0.857 bits per heavy atom. The van der Waals surface area contributed by atoms with Gasteiger partial charge in [0.05, 0.1) is 5.92 Å². The van der Waals surface area contributed by atoms with Gasteiger partial charge in [-0.2, -0.15) is 0 Å². The van der Waals surface area contributed by atoms with Gasteiger partial charge in [0.25, 0.3) is 0 Å². The van der Waals surface area contributed by atoms with E-state index in [1.54, 1.807) is 0 Å². The smallest absolute Gasteiger partial charge is 0.226 e. The van der Waals surface area contributed by atoms with Gasteiger partial charge in [0.2, 0.25) is 5.91 Å². The molecular weight excluding hydrogens is 346 g/mol. The van der Waals surface area contributed by atoms with Crippen LogP contribution in [0.5, 0.6) is 0 Å². The summed E-state index contributed by atoms with van der Waals surface area (Å²) < 4.78 is 0. The Morgan fingerprint density at radius 3 is 2.32 bits per heavy atom. The van der Waals surface area contributed by atoms with Crippen LogP contribution in [0.1, 0.15) is 44.1 Å². The van der Waals surface area contributed by atoms with Crippen molar-refractivity contribution in [1.82, 2.24) is 14.7 Å². The second kappa shape index (κ2) is 9.89. The van der Waals surface area contributed by atoms with Crippen LogP contribution in [-0.4, -0.2) is 73.0 Å². The normalized spacial score (nSPS) is 27.2. The van der Waals surface area contributed by atoms with Crippen LogP contribution in [0.2, 0.25) is 0 Å². The Hall–Kier alpha value is -1.39. The Labute approximate surface area is 170 Å². The summed E-state index contributed by atoms with van der Waals surface area (Å²) in [6.45, 7) is 8.85. The summed E-state index contributed by atoms with van der Waals surface area (Å²) in [5.41, 5.74) is 1.41. The molecule has 1 aromatic rings.